The summed E-state index contributed by atoms with van der Waals surface area (Å²) in [6.07, 6.45) is -0.598. The first kappa shape index (κ1) is 18.1. The lowest BCUT2D eigenvalue weighted by molar-refractivity contribution is -0.143. The van der Waals surface area contributed by atoms with Crippen molar-refractivity contribution in [2.75, 3.05) is 6.61 Å². The van der Waals surface area contributed by atoms with Gasteiger partial charge in [-0.05, 0) is 24.6 Å². The van der Waals surface area contributed by atoms with Crippen LogP contribution in [0.5, 0.6) is 5.75 Å². The highest BCUT2D eigenvalue weighted by Gasteiger charge is 2.21. The van der Waals surface area contributed by atoms with Gasteiger partial charge < -0.3 is 20.3 Å². The Hall–Kier alpha value is -1.99. The van der Waals surface area contributed by atoms with Gasteiger partial charge in [-0.2, -0.15) is 0 Å². The van der Waals surface area contributed by atoms with E-state index in [-0.39, 0.29) is 23.6 Å². The lowest BCUT2D eigenvalue weighted by Crippen LogP contribution is -2.43. The Morgan fingerprint density at radius 1 is 1.23 bits per heavy atom. The predicted octanol–water partition coefficient (Wildman–Crippen LogP) is 1.81. The van der Waals surface area contributed by atoms with E-state index in [4.69, 9.17) is 38.2 Å². The maximum Gasteiger partial charge on any atom is 0.326 e. The molecule has 0 saturated carbocycles. The molecule has 1 rings (SSSR count). The molecule has 3 N–H and O–H groups in total. The Labute approximate surface area is 135 Å². The van der Waals surface area contributed by atoms with Crippen LogP contribution in [0.3, 0.4) is 0 Å². The summed E-state index contributed by atoms with van der Waals surface area (Å²) in [5.41, 5.74) is 0. The quantitative estimate of drug-likeness (QED) is 0.659. The monoisotopic (exact) mass is 349 g/mol. The van der Waals surface area contributed by atoms with Crippen LogP contribution in [0.4, 0.5) is 0 Å². The summed E-state index contributed by atoms with van der Waals surface area (Å²) < 4.78 is 5.15. The molecule has 1 aromatic carbocycles. The minimum atomic E-state index is -1.32. The Balaban J connectivity index is 2.53. The van der Waals surface area contributed by atoms with Crippen LogP contribution in [0, 0.1) is 0 Å². The van der Waals surface area contributed by atoms with Gasteiger partial charge in [-0.15, -0.1) is 0 Å². The summed E-state index contributed by atoms with van der Waals surface area (Å²) in [5, 5.41) is 20.2. The molecule has 0 aromatic heterocycles. The van der Waals surface area contributed by atoms with Crippen LogP contribution < -0.4 is 10.1 Å². The number of amides is 1. The average Bonchev–Trinajstić information content (AvgIpc) is 2.41. The molecule has 0 bridgehead atoms. The molecule has 0 aliphatic rings. The highest BCUT2D eigenvalue weighted by molar-refractivity contribution is 6.35. The topological polar surface area (TPSA) is 113 Å². The van der Waals surface area contributed by atoms with Crippen molar-refractivity contribution < 1.29 is 29.3 Å². The van der Waals surface area contributed by atoms with Crippen LogP contribution >= 0.6 is 23.2 Å². The molecule has 0 aliphatic heterocycles. The number of ether oxygens (including phenoxy) is 1. The van der Waals surface area contributed by atoms with E-state index < -0.39 is 30.5 Å². The smallest absolute Gasteiger partial charge is 0.326 e. The third kappa shape index (κ3) is 6.19. The second-order valence-corrected chi connectivity index (χ2v) is 5.10. The normalized spacial score (nSPS) is 11.5. The molecule has 9 heteroatoms. The molecule has 0 saturated heterocycles. The van der Waals surface area contributed by atoms with Crippen LogP contribution in [-0.2, 0) is 14.4 Å². The number of carbonyl (C=O) groups is 3. The number of carbonyl (C=O) groups excluding carboxylic acids is 1. The van der Waals surface area contributed by atoms with Gasteiger partial charge in [0.15, 0.2) is 6.61 Å². The van der Waals surface area contributed by atoms with Gasteiger partial charge in [0.1, 0.15) is 11.8 Å². The first-order valence-electron chi connectivity index (χ1n) is 6.11. The van der Waals surface area contributed by atoms with Gasteiger partial charge in [-0.1, -0.05) is 23.2 Å². The summed E-state index contributed by atoms with van der Waals surface area (Å²) in [6, 6.07) is 3.13. The fourth-order valence-electron chi connectivity index (χ4n) is 1.50. The largest absolute Gasteiger partial charge is 0.482 e. The second-order valence-electron chi connectivity index (χ2n) is 4.25. The molecular weight excluding hydrogens is 337 g/mol. The third-order valence-corrected chi connectivity index (χ3v) is 3.06. The summed E-state index contributed by atoms with van der Waals surface area (Å²) in [5.74, 6) is -2.95. The van der Waals surface area contributed by atoms with E-state index in [9.17, 15) is 14.4 Å². The number of carboxylic acid groups (broad SMARTS) is 2. The minimum Gasteiger partial charge on any atom is -0.482 e. The molecule has 120 valence electrons. The molecule has 1 unspecified atom stereocenters. The first-order chi connectivity index (χ1) is 10.3. The van der Waals surface area contributed by atoms with Gasteiger partial charge >= 0.3 is 11.9 Å². The van der Waals surface area contributed by atoms with E-state index in [0.717, 1.165) is 0 Å². The standard InChI is InChI=1S/C13H13Cl2NO6/c14-7-1-3-10(8(15)5-7)22-6-11(17)16-9(13(20)21)2-4-12(18)19/h1,3,5,9H,2,4,6H2,(H,16,17)(H,18,19)(H,20,21). The number of rotatable bonds is 8. The molecule has 0 spiro atoms. The van der Waals surface area contributed by atoms with Gasteiger partial charge in [0.25, 0.3) is 5.91 Å². The van der Waals surface area contributed by atoms with Crippen molar-refractivity contribution in [3.63, 3.8) is 0 Å². The molecule has 22 heavy (non-hydrogen) atoms. The fraction of sp³-hybridized carbons (Fsp3) is 0.308. The van der Waals surface area contributed by atoms with Crippen molar-refractivity contribution in [2.45, 2.75) is 18.9 Å². The summed E-state index contributed by atoms with van der Waals surface area (Å²) >= 11 is 11.6. The molecule has 0 fully saturated rings. The average molecular weight is 350 g/mol. The maximum absolute atomic E-state index is 11.6. The van der Waals surface area contributed by atoms with E-state index in [1.807, 2.05) is 0 Å². The van der Waals surface area contributed by atoms with Crippen molar-refractivity contribution in [3.8, 4) is 5.75 Å². The Morgan fingerprint density at radius 3 is 2.45 bits per heavy atom. The number of halogens is 2. The molecule has 1 atom stereocenters. The Kier molecular flexibility index (Phi) is 6.94. The van der Waals surface area contributed by atoms with Crippen molar-refractivity contribution in [2.24, 2.45) is 0 Å². The Bertz CT molecular complexity index is 578. The predicted molar refractivity (Wildman–Crippen MR) is 78.4 cm³/mol. The van der Waals surface area contributed by atoms with Gasteiger partial charge in [0.2, 0.25) is 0 Å². The number of benzene rings is 1. The number of hydrogen-bond acceptors (Lipinski definition) is 4. The SMILES string of the molecule is O=C(O)CCC(NC(=O)COc1ccc(Cl)cc1Cl)C(=O)O. The molecule has 0 heterocycles. The molecule has 1 aromatic rings. The van der Waals surface area contributed by atoms with Crippen LogP contribution in [0.1, 0.15) is 12.8 Å². The van der Waals surface area contributed by atoms with Crippen molar-refractivity contribution >= 4 is 41.0 Å². The maximum atomic E-state index is 11.6. The molecule has 1 amide bonds. The van der Waals surface area contributed by atoms with Gasteiger partial charge in [0.05, 0.1) is 5.02 Å². The first-order valence-corrected chi connectivity index (χ1v) is 6.87. The number of nitrogens with one attached hydrogen (secondary N) is 1. The zero-order chi connectivity index (χ0) is 16.7. The molecule has 0 radical (unpaired) electrons. The van der Waals surface area contributed by atoms with Gasteiger partial charge in [0, 0.05) is 11.4 Å². The zero-order valence-corrected chi connectivity index (χ0v) is 12.7. The number of hydrogen-bond donors (Lipinski definition) is 3. The van der Waals surface area contributed by atoms with E-state index in [2.05, 4.69) is 5.32 Å². The van der Waals surface area contributed by atoms with Crippen molar-refractivity contribution in [1.82, 2.24) is 5.32 Å². The van der Waals surface area contributed by atoms with Crippen molar-refractivity contribution in [1.29, 1.82) is 0 Å². The van der Waals surface area contributed by atoms with E-state index >= 15 is 0 Å². The van der Waals surface area contributed by atoms with Crippen molar-refractivity contribution in [3.05, 3.63) is 28.2 Å². The van der Waals surface area contributed by atoms with Gasteiger partial charge in [-0.25, -0.2) is 4.79 Å². The summed E-state index contributed by atoms with van der Waals surface area (Å²) in [7, 11) is 0. The molecular formula is C13H13Cl2NO6. The second kappa shape index (κ2) is 8.45. The van der Waals surface area contributed by atoms with Crippen LogP contribution in [0.15, 0.2) is 18.2 Å². The van der Waals surface area contributed by atoms with Crippen LogP contribution in [0.2, 0.25) is 10.0 Å². The lowest BCUT2D eigenvalue weighted by Gasteiger charge is -2.14. The van der Waals surface area contributed by atoms with Gasteiger partial charge in [-0.3, -0.25) is 9.59 Å². The number of carboxylic acids is 2. The lowest BCUT2D eigenvalue weighted by atomic mass is 10.1. The highest BCUT2D eigenvalue weighted by Crippen LogP contribution is 2.27. The van der Waals surface area contributed by atoms with Crippen LogP contribution in [0.25, 0.3) is 0 Å². The summed E-state index contributed by atoms with van der Waals surface area (Å²) in [6.45, 7) is -0.460. The zero-order valence-electron chi connectivity index (χ0n) is 11.2. The van der Waals surface area contributed by atoms with E-state index in [0.29, 0.717) is 5.02 Å². The molecule has 7 nitrogen and oxygen atoms in total. The molecule has 0 aliphatic carbocycles. The van der Waals surface area contributed by atoms with E-state index in [1.54, 1.807) is 0 Å². The summed E-state index contributed by atoms with van der Waals surface area (Å²) in [4.78, 5) is 33.0. The van der Waals surface area contributed by atoms with Crippen LogP contribution in [-0.4, -0.2) is 40.7 Å². The third-order valence-electron chi connectivity index (χ3n) is 2.53. The Morgan fingerprint density at radius 2 is 1.91 bits per heavy atom. The minimum absolute atomic E-state index is 0.209. The highest BCUT2D eigenvalue weighted by atomic mass is 35.5. The van der Waals surface area contributed by atoms with E-state index in [1.165, 1.54) is 18.2 Å². The number of aliphatic carboxylic acids is 2. The fourth-order valence-corrected chi connectivity index (χ4v) is 1.96.